The minimum Gasteiger partial charge on any atom is -0.456 e. The van der Waals surface area contributed by atoms with Crippen molar-refractivity contribution < 1.29 is 42.4 Å². The van der Waals surface area contributed by atoms with Gasteiger partial charge in [-0.3, -0.25) is 4.79 Å². The number of aromatic amines is 1. The Morgan fingerprint density at radius 2 is 1.87 bits per heavy atom. The topological polar surface area (TPSA) is 130 Å². The van der Waals surface area contributed by atoms with E-state index in [0.717, 1.165) is 18.2 Å². The molecule has 0 unspecified atom stereocenters. The van der Waals surface area contributed by atoms with Gasteiger partial charge in [0.25, 0.3) is 6.01 Å². The van der Waals surface area contributed by atoms with Crippen LogP contribution in [-0.2, 0) is 14.3 Å². The Labute approximate surface area is 213 Å². The van der Waals surface area contributed by atoms with Crippen LogP contribution < -0.4 is 4.74 Å². The minimum atomic E-state index is -1.00. The molecule has 2 fully saturated rings. The summed E-state index contributed by atoms with van der Waals surface area (Å²) in [5.74, 6) is -3.39. The maximum Gasteiger partial charge on any atom is 0.296 e. The quantitative estimate of drug-likeness (QED) is 0.452. The molecule has 6 rings (SSSR count). The summed E-state index contributed by atoms with van der Waals surface area (Å²) in [4.78, 5) is 24.1. The van der Waals surface area contributed by atoms with Crippen LogP contribution in [0.25, 0.3) is 28.0 Å². The average Bonchev–Trinajstić information content (AvgIpc) is 3.60. The highest BCUT2D eigenvalue weighted by atomic mass is 19.1. The lowest BCUT2D eigenvalue weighted by Gasteiger charge is -2.26. The number of nitrogens with one attached hydrogen (secondary N) is 1. The number of hydrogen-bond donors (Lipinski definition) is 3. The van der Waals surface area contributed by atoms with Crippen molar-refractivity contribution in [2.24, 2.45) is 0 Å². The second-order valence-electron chi connectivity index (χ2n) is 9.34. The van der Waals surface area contributed by atoms with Crippen LogP contribution in [0.2, 0.25) is 0 Å². The number of nitrogens with zero attached hydrogens (tertiary/aromatic N) is 3. The summed E-state index contributed by atoms with van der Waals surface area (Å²) >= 11 is 0. The first-order chi connectivity index (χ1) is 18.3. The summed E-state index contributed by atoms with van der Waals surface area (Å²) in [5, 5.41) is 18.9. The van der Waals surface area contributed by atoms with Crippen molar-refractivity contribution >= 4 is 22.6 Å². The predicted octanol–water partition coefficient (Wildman–Crippen LogP) is 1.56. The number of fused-ring (bicyclic) bond motifs is 2. The Hall–Kier alpha value is -3.52. The van der Waals surface area contributed by atoms with E-state index < -0.39 is 65.6 Å². The van der Waals surface area contributed by atoms with Gasteiger partial charge in [0.15, 0.2) is 17.6 Å². The number of carbonyl (C=O) groups excluding carboxylic acids is 1. The number of aromatic nitrogens is 3. The molecule has 0 radical (unpaired) electrons. The Bertz CT molecular complexity index is 1420. The van der Waals surface area contributed by atoms with Gasteiger partial charge in [-0.1, -0.05) is 6.08 Å². The number of hydrogen-bond acceptors (Lipinski definition) is 8. The SMILES string of the molecule is O=C(CO)N1CC=C(c2cc(F)c(-c3nc4nc(O[C@@H]5CO[C@H]6[C@@H]5OC[C@H]6O)[nH]c4cc3F)c(F)c2)CC1. The monoisotopic (exact) mass is 532 g/mol. The number of benzene rings is 1. The third kappa shape index (κ3) is 4.30. The van der Waals surface area contributed by atoms with E-state index in [2.05, 4.69) is 15.0 Å². The first-order valence-electron chi connectivity index (χ1n) is 12.0. The number of carbonyl (C=O) groups is 1. The van der Waals surface area contributed by atoms with Gasteiger partial charge in [0.2, 0.25) is 5.91 Å². The molecular formula is C25H23F3N4O6. The maximum absolute atomic E-state index is 15.2. The van der Waals surface area contributed by atoms with Crippen LogP contribution in [-0.4, -0.2) is 93.3 Å². The molecule has 38 heavy (non-hydrogen) atoms. The number of aliphatic hydroxyl groups excluding tert-OH is 2. The zero-order valence-electron chi connectivity index (χ0n) is 19.9. The number of imidazole rings is 1. The lowest BCUT2D eigenvalue weighted by atomic mass is 9.96. The van der Waals surface area contributed by atoms with Crippen molar-refractivity contribution in [3.63, 3.8) is 0 Å². The predicted molar refractivity (Wildman–Crippen MR) is 125 cm³/mol. The van der Waals surface area contributed by atoms with Crippen molar-refractivity contribution in [1.82, 2.24) is 19.9 Å². The summed E-state index contributed by atoms with van der Waals surface area (Å²) in [5.41, 5.74) is -0.116. The molecular weight excluding hydrogens is 509 g/mol. The van der Waals surface area contributed by atoms with E-state index in [0.29, 0.717) is 18.5 Å². The number of aliphatic hydroxyl groups is 2. The van der Waals surface area contributed by atoms with Gasteiger partial charge in [0.1, 0.15) is 42.2 Å². The first kappa shape index (κ1) is 24.8. The molecule has 1 amide bonds. The summed E-state index contributed by atoms with van der Waals surface area (Å²) in [6.45, 7) is 0.180. The highest BCUT2D eigenvalue weighted by molar-refractivity contribution is 5.80. The van der Waals surface area contributed by atoms with E-state index in [9.17, 15) is 14.3 Å². The Kier molecular flexibility index (Phi) is 6.30. The van der Waals surface area contributed by atoms with Crippen molar-refractivity contribution in [1.29, 1.82) is 0 Å². The summed E-state index contributed by atoms with van der Waals surface area (Å²) in [7, 11) is 0. The van der Waals surface area contributed by atoms with Crippen LogP contribution in [0.15, 0.2) is 24.3 Å². The standard InChI is InChI=1S/C25H23F3N4O6/c26-13-5-12(11-1-3-32(4-2-11)19(35)8-33)6-14(27)20(13)21-15(28)7-16-24(30-21)31-25(29-16)38-18-10-37-22-17(34)9-36-23(18)22/h1,5-7,17-18,22-23,33-34H,2-4,8-10H2,(H,29,30,31)/t17-,18-,22-,23-/m1/s1. The molecule has 200 valence electrons. The Morgan fingerprint density at radius 1 is 1.11 bits per heavy atom. The van der Waals surface area contributed by atoms with Gasteiger partial charge in [-0.25, -0.2) is 18.2 Å². The van der Waals surface area contributed by atoms with Gasteiger partial charge in [-0.05, 0) is 29.7 Å². The zero-order chi connectivity index (χ0) is 26.6. The highest BCUT2D eigenvalue weighted by Crippen LogP contribution is 2.34. The largest absolute Gasteiger partial charge is 0.456 e. The van der Waals surface area contributed by atoms with Crippen LogP contribution in [0.3, 0.4) is 0 Å². The van der Waals surface area contributed by atoms with Gasteiger partial charge in [-0.2, -0.15) is 4.98 Å². The zero-order valence-corrected chi connectivity index (χ0v) is 19.9. The average molecular weight is 532 g/mol. The first-order valence-corrected chi connectivity index (χ1v) is 12.0. The summed E-state index contributed by atoms with van der Waals surface area (Å²) < 4.78 is 62.1. The van der Waals surface area contributed by atoms with E-state index in [1.807, 2.05) is 0 Å². The molecule has 1 aromatic carbocycles. The molecule has 0 spiro atoms. The molecule has 3 N–H and O–H groups in total. The minimum absolute atomic E-state index is 0.00228. The number of rotatable bonds is 5. The third-order valence-corrected chi connectivity index (χ3v) is 7.00. The van der Waals surface area contributed by atoms with Crippen LogP contribution in [0, 0.1) is 17.5 Å². The molecule has 5 heterocycles. The van der Waals surface area contributed by atoms with Gasteiger partial charge >= 0.3 is 0 Å². The van der Waals surface area contributed by atoms with E-state index in [4.69, 9.17) is 19.3 Å². The van der Waals surface area contributed by atoms with Gasteiger partial charge in [-0.15, -0.1) is 0 Å². The fraction of sp³-hybridized carbons (Fsp3) is 0.400. The summed E-state index contributed by atoms with van der Waals surface area (Å²) in [6.07, 6.45) is -0.304. The molecule has 2 aromatic heterocycles. The second-order valence-corrected chi connectivity index (χ2v) is 9.34. The molecule has 3 aliphatic heterocycles. The molecule has 3 aliphatic rings. The molecule has 3 aromatic rings. The van der Waals surface area contributed by atoms with Crippen LogP contribution in [0.1, 0.15) is 12.0 Å². The number of amides is 1. The van der Waals surface area contributed by atoms with E-state index in [-0.39, 0.29) is 42.5 Å². The highest BCUT2D eigenvalue weighted by Gasteiger charge is 2.48. The number of ether oxygens (including phenoxy) is 3. The van der Waals surface area contributed by atoms with Gasteiger partial charge in [0.05, 0.1) is 24.3 Å². The van der Waals surface area contributed by atoms with Crippen molar-refractivity contribution in [2.45, 2.75) is 30.8 Å². The molecule has 10 nitrogen and oxygen atoms in total. The van der Waals surface area contributed by atoms with Crippen LogP contribution in [0.4, 0.5) is 13.2 Å². The molecule has 0 aliphatic carbocycles. The summed E-state index contributed by atoms with van der Waals surface area (Å²) in [6, 6.07) is 3.23. The lowest BCUT2D eigenvalue weighted by Crippen LogP contribution is -2.36. The molecule has 2 saturated heterocycles. The van der Waals surface area contributed by atoms with Crippen molar-refractivity contribution in [3.8, 4) is 17.3 Å². The second kappa shape index (κ2) is 9.66. The van der Waals surface area contributed by atoms with Gasteiger partial charge < -0.3 is 34.3 Å². The van der Waals surface area contributed by atoms with Gasteiger partial charge in [0, 0.05) is 19.2 Å². The third-order valence-electron chi connectivity index (χ3n) is 7.00. The van der Waals surface area contributed by atoms with Crippen molar-refractivity contribution in [2.75, 3.05) is 32.9 Å². The fourth-order valence-corrected chi connectivity index (χ4v) is 5.06. The molecule has 4 atom stereocenters. The normalized spacial score (nSPS) is 25.1. The number of H-pyrrole nitrogens is 1. The molecule has 0 saturated carbocycles. The lowest BCUT2D eigenvalue weighted by molar-refractivity contribution is -0.133. The smallest absolute Gasteiger partial charge is 0.296 e. The van der Waals surface area contributed by atoms with Crippen molar-refractivity contribution in [3.05, 3.63) is 47.3 Å². The van der Waals surface area contributed by atoms with Crippen LogP contribution in [0.5, 0.6) is 6.01 Å². The number of halogens is 3. The van der Waals surface area contributed by atoms with E-state index in [1.54, 1.807) is 6.08 Å². The number of pyridine rings is 1. The fourth-order valence-electron chi connectivity index (χ4n) is 5.06. The molecule has 13 heteroatoms. The Balaban J connectivity index is 1.26. The van der Waals surface area contributed by atoms with E-state index in [1.165, 1.54) is 4.90 Å². The maximum atomic E-state index is 15.2. The molecule has 0 bridgehead atoms. The van der Waals surface area contributed by atoms with E-state index >= 15 is 8.78 Å². The van der Waals surface area contributed by atoms with Crippen LogP contribution >= 0.6 is 0 Å². The Morgan fingerprint density at radius 3 is 2.58 bits per heavy atom.